The molecule has 0 aliphatic carbocycles. The summed E-state index contributed by atoms with van der Waals surface area (Å²) < 4.78 is 0. The minimum Gasteiger partial charge on any atom is -0.326 e. The lowest BCUT2D eigenvalue weighted by Gasteiger charge is -2.28. The second-order valence-corrected chi connectivity index (χ2v) is 6.93. The third kappa shape index (κ3) is 4.86. The molecule has 0 saturated carbocycles. The number of amides is 1. The second-order valence-electron chi connectivity index (χ2n) is 6.93. The Morgan fingerprint density at radius 1 is 1.32 bits per heavy atom. The first-order valence-electron chi connectivity index (χ1n) is 9.02. The number of carbonyl (C=O) groups is 1. The largest absolute Gasteiger partial charge is 0.326 e. The molecule has 2 N–H and O–H groups in total. The molecule has 1 saturated heterocycles. The molecule has 0 bridgehead atoms. The maximum atomic E-state index is 12.3. The first-order chi connectivity index (χ1) is 12.1. The third-order valence-electron chi connectivity index (χ3n) is 4.87. The van der Waals surface area contributed by atoms with Crippen LogP contribution in [0, 0.1) is 18.8 Å². The van der Waals surface area contributed by atoms with Crippen molar-refractivity contribution in [1.82, 2.24) is 15.3 Å². The Balaban J connectivity index is 1.56. The highest BCUT2D eigenvalue weighted by Gasteiger charge is 2.22. The van der Waals surface area contributed by atoms with Gasteiger partial charge in [0, 0.05) is 29.6 Å². The molecule has 1 fully saturated rings. The highest BCUT2D eigenvalue weighted by atomic mass is 16.1. The van der Waals surface area contributed by atoms with Gasteiger partial charge in [0.05, 0.1) is 0 Å². The monoisotopic (exact) mass is 338 g/mol. The molecule has 0 spiro atoms. The quantitative estimate of drug-likeness (QED) is 0.877. The predicted octanol–water partition coefficient (Wildman–Crippen LogP) is 3.42. The van der Waals surface area contributed by atoms with Gasteiger partial charge < -0.3 is 10.6 Å². The van der Waals surface area contributed by atoms with Crippen LogP contribution < -0.4 is 10.6 Å². The first kappa shape index (κ1) is 17.5. The molecule has 1 aliphatic heterocycles. The summed E-state index contributed by atoms with van der Waals surface area (Å²) in [5.41, 5.74) is 2.70. The SMILES string of the molecule is Cc1ccnc(-c2ccc(NC(=O)CC(C)C3CCCNC3)cc2)n1. The van der Waals surface area contributed by atoms with Crippen molar-refractivity contribution < 1.29 is 4.79 Å². The van der Waals surface area contributed by atoms with Gasteiger partial charge in [-0.15, -0.1) is 0 Å². The molecule has 2 heterocycles. The van der Waals surface area contributed by atoms with Crippen LogP contribution in [-0.2, 0) is 4.79 Å². The van der Waals surface area contributed by atoms with E-state index in [1.165, 1.54) is 12.8 Å². The summed E-state index contributed by atoms with van der Waals surface area (Å²) in [6.07, 6.45) is 4.75. The molecule has 1 aromatic heterocycles. The zero-order valence-corrected chi connectivity index (χ0v) is 15.0. The van der Waals surface area contributed by atoms with Crippen LogP contribution in [0.1, 0.15) is 31.9 Å². The highest BCUT2D eigenvalue weighted by Crippen LogP contribution is 2.23. The van der Waals surface area contributed by atoms with E-state index in [0.29, 0.717) is 24.1 Å². The van der Waals surface area contributed by atoms with Gasteiger partial charge in [0.1, 0.15) is 0 Å². The average Bonchev–Trinajstić information content (AvgIpc) is 2.63. The molecule has 1 aliphatic rings. The van der Waals surface area contributed by atoms with E-state index in [2.05, 4.69) is 27.5 Å². The number of nitrogens with zero attached hydrogens (tertiary/aromatic N) is 2. The molecule has 2 atom stereocenters. The van der Waals surface area contributed by atoms with Crippen molar-refractivity contribution in [2.75, 3.05) is 18.4 Å². The number of hydrogen-bond acceptors (Lipinski definition) is 4. The molecule has 2 unspecified atom stereocenters. The van der Waals surface area contributed by atoms with Crippen LogP contribution in [0.4, 0.5) is 5.69 Å². The van der Waals surface area contributed by atoms with E-state index in [0.717, 1.165) is 30.0 Å². The molecular formula is C20H26N4O. The predicted molar refractivity (Wildman–Crippen MR) is 100 cm³/mol. The standard InChI is InChI=1S/C20H26N4O/c1-14(17-4-3-10-21-13-17)12-19(25)24-18-7-5-16(6-8-18)20-22-11-9-15(2)23-20/h5-9,11,14,17,21H,3-4,10,12-13H2,1-2H3,(H,24,25). The van der Waals surface area contributed by atoms with Crippen LogP contribution in [0.5, 0.6) is 0 Å². The molecule has 2 aromatic rings. The number of aryl methyl sites for hydroxylation is 1. The lowest BCUT2D eigenvalue weighted by atomic mass is 9.85. The number of piperidine rings is 1. The molecular weight excluding hydrogens is 312 g/mol. The Kier molecular flexibility index (Phi) is 5.76. The summed E-state index contributed by atoms with van der Waals surface area (Å²) in [5.74, 6) is 1.78. The molecule has 1 amide bonds. The average molecular weight is 338 g/mol. The summed E-state index contributed by atoms with van der Waals surface area (Å²) in [4.78, 5) is 21.0. The van der Waals surface area contributed by atoms with Gasteiger partial charge in [-0.3, -0.25) is 4.79 Å². The minimum absolute atomic E-state index is 0.0811. The molecule has 0 radical (unpaired) electrons. The van der Waals surface area contributed by atoms with Gasteiger partial charge >= 0.3 is 0 Å². The van der Waals surface area contributed by atoms with Crippen molar-refractivity contribution in [3.63, 3.8) is 0 Å². The highest BCUT2D eigenvalue weighted by molar-refractivity contribution is 5.91. The maximum Gasteiger partial charge on any atom is 0.224 e. The van der Waals surface area contributed by atoms with Crippen molar-refractivity contribution >= 4 is 11.6 Å². The fourth-order valence-electron chi connectivity index (χ4n) is 3.33. The number of aromatic nitrogens is 2. The van der Waals surface area contributed by atoms with Crippen LogP contribution in [0.2, 0.25) is 0 Å². The summed E-state index contributed by atoms with van der Waals surface area (Å²) in [6, 6.07) is 9.58. The molecule has 132 valence electrons. The lowest BCUT2D eigenvalue weighted by molar-refractivity contribution is -0.117. The molecule has 5 heteroatoms. The van der Waals surface area contributed by atoms with Gasteiger partial charge in [-0.05, 0) is 75.0 Å². The van der Waals surface area contributed by atoms with Gasteiger partial charge in [-0.1, -0.05) is 6.92 Å². The number of rotatable bonds is 5. The first-order valence-corrected chi connectivity index (χ1v) is 9.02. The number of anilines is 1. The number of carbonyl (C=O) groups excluding carboxylic acids is 1. The van der Waals surface area contributed by atoms with Crippen molar-refractivity contribution in [3.8, 4) is 11.4 Å². The fraction of sp³-hybridized carbons (Fsp3) is 0.450. The Morgan fingerprint density at radius 3 is 2.80 bits per heavy atom. The third-order valence-corrected chi connectivity index (χ3v) is 4.87. The van der Waals surface area contributed by atoms with E-state index >= 15 is 0 Å². The van der Waals surface area contributed by atoms with Gasteiger partial charge in [0.25, 0.3) is 0 Å². The Morgan fingerprint density at radius 2 is 2.12 bits per heavy atom. The van der Waals surface area contributed by atoms with E-state index in [-0.39, 0.29) is 5.91 Å². The maximum absolute atomic E-state index is 12.3. The van der Waals surface area contributed by atoms with Crippen LogP contribution in [0.25, 0.3) is 11.4 Å². The molecule has 3 rings (SSSR count). The molecule has 5 nitrogen and oxygen atoms in total. The summed E-state index contributed by atoms with van der Waals surface area (Å²) in [7, 11) is 0. The van der Waals surface area contributed by atoms with E-state index in [4.69, 9.17) is 0 Å². The van der Waals surface area contributed by atoms with Crippen molar-refractivity contribution in [2.45, 2.75) is 33.1 Å². The zero-order valence-electron chi connectivity index (χ0n) is 15.0. The summed E-state index contributed by atoms with van der Waals surface area (Å²) in [5, 5.41) is 6.42. The van der Waals surface area contributed by atoms with Crippen LogP contribution in [-0.4, -0.2) is 29.0 Å². The zero-order chi connectivity index (χ0) is 17.6. The van der Waals surface area contributed by atoms with E-state index in [1.54, 1.807) is 6.20 Å². The van der Waals surface area contributed by atoms with Gasteiger partial charge in [0.15, 0.2) is 5.82 Å². The van der Waals surface area contributed by atoms with E-state index < -0.39 is 0 Å². The van der Waals surface area contributed by atoms with Crippen molar-refractivity contribution in [2.24, 2.45) is 11.8 Å². The topological polar surface area (TPSA) is 66.9 Å². The van der Waals surface area contributed by atoms with E-state index in [1.807, 2.05) is 37.3 Å². The van der Waals surface area contributed by atoms with Crippen LogP contribution in [0.15, 0.2) is 36.5 Å². The summed E-state index contributed by atoms with van der Waals surface area (Å²) in [6.45, 7) is 6.25. The molecule has 1 aromatic carbocycles. The fourth-order valence-corrected chi connectivity index (χ4v) is 3.33. The van der Waals surface area contributed by atoms with E-state index in [9.17, 15) is 4.79 Å². The van der Waals surface area contributed by atoms with Gasteiger partial charge in [0.2, 0.25) is 5.91 Å². The van der Waals surface area contributed by atoms with Crippen LogP contribution in [0.3, 0.4) is 0 Å². The Hall–Kier alpha value is -2.27. The Bertz CT molecular complexity index is 708. The smallest absolute Gasteiger partial charge is 0.224 e. The summed E-state index contributed by atoms with van der Waals surface area (Å²) >= 11 is 0. The minimum atomic E-state index is 0.0811. The van der Waals surface area contributed by atoms with Crippen molar-refractivity contribution in [1.29, 1.82) is 0 Å². The second kappa shape index (κ2) is 8.21. The normalized spacial score (nSPS) is 18.6. The lowest BCUT2D eigenvalue weighted by Crippen LogP contribution is -2.34. The number of nitrogens with one attached hydrogen (secondary N) is 2. The number of hydrogen-bond donors (Lipinski definition) is 2. The van der Waals surface area contributed by atoms with Crippen LogP contribution >= 0.6 is 0 Å². The van der Waals surface area contributed by atoms with Gasteiger partial charge in [-0.25, -0.2) is 9.97 Å². The Labute approximate surface area is 149 Å². The number of benzene rings is 1. The molecule has 25 heavy (non-hydrogen) atoms. The van der Waals surface area contributed by atoms with Crippen molar-refractivity contribution in [3.05, 3.63) is 42.2 Å². The van der Waals surface area contributed by atoms with Gasteiger partial charge in [-0.2, -0.15) is 0 Å².